The number of carbonyl (C=O) groups is 1. The van der Waals surface area contributed by atoms with Gasteiger partial charge in [0.15, 0.2) is 8.32 Å². The van der Waals surface area contributed by atoms with Crippen LogP contribution in [0.3, 0.4) is 0 Å². The lowest BCUT2D eigenvalue weighted by Crippen LogP contribution is -2.47. The SMILES string of the molecule is CC(C)(C)C(C)(O[Si](C)(C)C)c1ccc(F)c(C(=O)O)c1F. The van der Waals surface area contributed by atoms with Gasteiger partial charge >= 0.3 is 5.97 Å². The first-order chi connectivity index (χ1) is 9.71. The summed E-state index contributed by atoms with van der Waals surface area (Å²) < 4.78 is 34.6. The van der Waals surface area contributed by atoms with Crippen LogP contribution in [0, 0.1) is 17.0 Å². The first kappa shape index (κ1) is 18.8. The van der Waals surface area contributed by atoms with Crippen LogP contribution in [-0.4, -0.2) is 19.4 Å². The van der Waals surface area contributed by atoms with Crippen LogP contribution in [0.4, 0.5) is 8.78 Å². The number of aromatic carboxylic acids is 1. The molecule has 1 rings (SSSR count). The van der Waals surface area contributed by atoms with Crippen molar-refractivity contribution < 1.29 is 23.1 Å². The maximum absolute atomic E-state index is 14.7. The molecule has 3 nitrogen and oxygen atoms in total. The summed E-state index contributed by atoms with van der Waals surface area (Å²) in [5.41, 5.74) is -2.45. The predicted octanol–water partition coefficient (Wildman–Crippen LogP) is 4.78. The molecule has 0 aliphatic rings. The van der Waals surface area contributed by atoms with Crippen LogP contribution in [0.15, 0.2) is 12.1 Å². The van der Waals surface area contributed by atoms with E-state index in [0.29, 0.717) is 0 Å². The van der Waals surface area contributed by atoms with E-state index < -0.39 is 42.5 Å². The topological polar surface area (TPSA) is 46.5 Å². The Labute approximate surface area is 131 Å². The largest absolute Gasteiger partial charge is 0.477 e. The lowest BCUT2D eigenvalue weighted by atomic mass is 9.73. The number of benzene rings is 1. The van der Waals surface area contributed by atoms with Crippen molar-refractivity contribution in [3.8, 4) is 0 Å². The minimum atomic E-state index is -2.07. The van der Waals surface area contributed by atoms with Crippen molar-refractivity contribution in [1.82, 2.24) is 0 Å². The van der Waals surface area contributed by atoms with Crippen molar-refractivity contribution in [1.29, 1.82) is 0 Å². The van der Waals surface area contributed by atoms with Crippen LogP contribution in [0.1, 0.15) is 43.6 Å². The second-order valence-corrected chi connectivity index (χ2v) is 12.0. The van der Waals surface area contributed by atoms with Crippen molar-refractivity contribution in [2.45, 2.75) is 52.9 Å². The van der Waals surface area contributed by atoms with E-state index in [9.17, 15) is 13.6 Å². The highest BCUT2D eigenvalue weighted by molar-refractivity contribution is 6.69. The number of carboxylic acid groups (broad SMARTS) is 1. The normalized spacial score (nSPS) is 15.5. The molecule has 22 heavy (non-hydrogen) atoms. The van der Waals surface area contributed by atoms with E-state index in [1.807, 2.05) is 40.4 Å². The van der Waals surface area contributed by atoms with E-state index in [-0.39, 0.29) is 5.56 Å². The molecule has 1 aromatic rings. The van der Waals surface area contributed by atoms with Crippen LogP contribution in [0.25, 0.3) is 0 Å². The Balaban J connectivity index is 3.65. The second kappa shape index (κ2) is 5.74. The number of halogens is 2. The van der Waals surface area contributed by atoms with Gasteiger partial charge in [0.25, 0.3) is 0 Å². The molecular weight excluding hydrogens is 306 g/mol. The van der Waals surface area contributed by atoms with Gasteiger partial charge in [-0.3, -0.25) is 0 Å². The molecule has 0 spiro atoms. The summed E-state index contributed by atoms with van der Waals surface area (Å²) in [6.45, 7) is 13.3. The highest BCUT2D eigenvalue weighted by Crippen LogP contribution is 2.45. The highest BCUT2D eigenvalue weighted by atomic mass is 28.4. The predicted molar refractivity (Wildman–Crippen MR) is 84.6 cm³/mol. The first-order valence-corrected chi connectivity index (χ1v) is 10.5. The molecule has 1 N–H and O–H groups in total. The molecule has 1 aromatic carbocycles. The van der Waals surface area contributed by atoms with Crippen LogP contribution < -0.4 is 0 Å². The Hall–Kier alpha value is -1.27. The lowest BCUT2D eigenvalue weighted by molar-refractivity contribution is -0.0321. The van der Waals surface area contributed by atoms with Gasteiger partial charge in [-0.1, -0.05) is 26.8 Å². The zero-order valence-corrected chi connectivity index (χ0v) is 15.2. The second-order valence-electron chi connectivity index (χ2n) is 7.59. The minimum Gasteiger partial charge on any atom is -0.477 e. The molecule has 0 radical (unpaired) electrons. The zero-order valence-electron chi connectivity index (χ0n) is 14.2. The van der Waals surface area contributed by atoms with Gasteiger partial charge in [-0.05, 0) is 38.0 Å². The van der Waals surface area contributed by atoms with Gasteiger partial charge in [-0.2, -0.15) is 0 Å². The van der Waals surface area contributed by atoms with Gasteiger partial charge in [-0.15, -0.1) is 0 Å². The van der Waals surface area contributed by atoms with E-state index in [1.54, 1.807) is 6.92 Å². The number of rotatable bonds is 4. The molecule has 0 amide bonds. The van der Waals surface area contributed by atoms with Crippen LogP contribution in [0.5, 0.6) is 0 Å². The third-order valence-electron chi connectivity index (χ3n) is 3.76. The standard InChI is InChI=1S/C16H24F2O3Si/c1-15(2,3)16(4,21-22(5,6)7)10-8-9-11(17)12(13(10)18)14(19)20/h8-9H,1-7H3,(H,19,20). The average molecular weight is 330 g/mol. The molecule has 6 heteroatoms. The fourth-order valence-corrected chi connectivity index (χ4v) is 3.98. The summed E-state index contributed by atoms with van der Waals surface area (Å²) in [6.07, 6.45) is 0. The molecule has 0 saturated carbocycles. The highest BCUT2D eigenvalue weighted by Gasteiger charge is 2.45. The fraction of sp³-hybridized carbons (Fsp3) is 0.562. The summed E-state index contributed by atoms with van der Waals surface area (Å²) in [6, 6.07) is 2.27. The van der Waals surface area contributed by atoms with Crippen molar-refractivity contribution in [2.75, 3.05) is 0 Å². The smallest absolute Gasteiger partial charge is 0.341 e. The first-order valence-electron chi connectivity index (χ1n) is 7.12. The molecule has 0 bridgehead atoms. The van der Waals surface area contributed by atoms with E-state index in [1.165, 1.54) is 6.07 Å². The summed E-state index contributed by atoms with van der Waals surface area (Å²) in [5, 5.41) is 9.06. The third-order valence-corrected chi connectivity index (χ3v) is 4.78. The van der Waals surface area contributed by atoms with E-state index in [2.05, 4.69) is 0 Å². The van der Waals surface area contributed by atoms with Gasteiger partial charge < -0.3 is 9.53 Å². The van der Waals surface area contributed by atoms with Crippen LogP contribution in [0.2, 0.25) is 19.6 Å². The molecule has 0 aliphatic heterocycles. The third kappa shape index (κ3) is 3.55. The van der Waals surface area contributed by atoms with Gasteiger partial charge in [-0.25, -0.2) is 13.6 Å². The molecular formula is C16H24F2O3Si. The molecule has 0 aromatic heterocycles. The summed E-state index contributed by atoms with van der Waals surface area (Å²) in [7, 11) is -2.07. The van der Waals surface area contributed by atoms with Crippen molar-refractivity contribution >= 4 is 14.3 Å². The Morgan fingerprint density at radius 2 is 1.64 bits per heavy atom. The summed E-state index contributed by atoms with van der Waals surface area (Å²) in [5.74, 6) is -3.78. The molecule has 0 fully saturated rings. The number of carboxylic acids is 1. The van der Waals surface area contributed by atoms with E-state index in [0.717, 1.165) is 6.07 Å². The average Bonchev–Trinajstić information content (AvgIpc) is 2.23. The maximum atomic E-state index is 14.7. The van der Waals surface area contributed by atoms with Crippen molar-refractivity contribution in [2.24, 2.45) is 5.41 Å². The number of hydrogen-bond donors (Lipinski definition) is 1. The Morgan fingerprint density at radius 3 is 2.00 bits per heavy atom. The lowest BCUT2D eigenvalue weighted by Gasteiger charge is -2.46. The Kier molecular flexibility index (Phi) is 4.90. The van der Waals surface area contributed by atoms with Gasteiger partial charge in [0.05, 0.1) is 5.60 Å². The molecule has 0 aliphatic carbocycles. The van der Waals surface area contributed by atoms with Crippen molar-refractivity contribution in [3.05, 3.63) is 34.9 Å². The molecule has 0 saturated heterocycles. The molecule has 0 heterocycles. The monoisotopic (exact) mass is 330 g/mol. The number of hydrogen-bond acceptors (Lipinski definition) is 2. The summed E-state index contributed by atoms with van der Waals surface area (Å²) >= 11 is 0. The molecule has 124 valence electrons. The maximum Gasteiger partial charge on any atom is 0.341 e. The fourth-order valence-electron chi connectivity index (χ4n) is 2.34. The van der Waals surface area contributed by atoms with Crippen LogP contribution >= 0.6 is 0 Å². The van der Waals surface area contributed by atoms with E-state index in [4.69, 9.17) is 9.53 Å². The van der Waals surface area contributed by atoms with Crippen LogP contribution in [-0.2, 0) is 10.0 Å². The van der Waals surface area contributed by atoms with Gasteiger partial charge in [0, 0.05) is 5.56 Å². The summed E-state index contributed by atoms with van der Waals surface area (Å²) in [4.78, 5) is 11.1. The Bertz CT molecular complexity index is 588. The molecule has 1 atom stereocenters. The van der Waals surface area contributed by atoms with Gasteiger partial charge in [0.1, 0.15) is 17.2 Å². The minimum absolute atomic E-state index is 0.0706. The zero-order chi connectivity index (χ0) is 17.5. The van der Waals surface area contributed by atoms with E-state index >= 15 is 0 Å². The quantitative estimate of drug-likeness (QED) is 0.808. The Morgan fingerprint density at radius 1 is 1.14 bits per heavy atom. The van der Waals surface area contributed by atoms with Crippen molar-refractivity contribution in [3.63, 3.8) is 0 Å². The molecule has 1 unspecified atom stereocenters. The van der Waals surface area contributed by atoms with Gasteiger partial charge in [0.2, 0.25) is 0 Å².